The predicted octanol–water partition coefficient (Wildman–Crippen LogP) is -0.248. The molecular weight excluding hydrogens is 191 g/mol. The number of hydrogen-bond acceptors (Lipinski definition) is 4. The van der Waals surface area contributed by atoms with E-state index in [1.807, 2.05) is 6.07 Å². The highest BCUT2D eigenvalue weighted by Crippen LogP contribution is 2.15. The maximum absolute atomic E-state index is 8.93. The van der Waals surface area contributed by atoms with Crippen molar-refractivity contribution in [2.45, 2.75) is 19.3 Å². The van der Waals surface area contributed by atoms with Crippen molar-refractivity contribution < 1.29 is 10.0 Å². The predicted molar refractivity (Wildman–Crippen MR) is 60.1 cm³/mol. The van der Waals surface area contributed by atoms with Crippen LogP contribution in [0, 0.1) is 0 Å². The van der Waals surface area contributed by atoms with E-state index in [1.165, 1.54) is 25.5 Å². The van der Waals surface area contributed by atoms with Gasteiger partial charge in [0.05, 0.1) is 0 Å². The number of hydrogen-bond donors (Lipinski definition) is 2. The molecule has 80 valence electrons. The number of pyridine rings is 1. The van der Waals surface area contributed by atoms with Gasteiger partial charge in [0.1, 0.15) is 5.82 Å². The molecule has 1 aromatic rings. The zero-order valence-electron chi connectivity index (χ0n) is 8.63. The van der Waals surface area contributed by atoms with E-state index in [4.69, 9.17) is 10.0 Å². The summed E-state index contributed by atoms with van der Waals surface area (Å²) in [6.07, 6.45) is 5.25. The van der Waals surface area contributed by atoms with Crippen LogP contribution in [-0.4, -0.2) is 35.2 Å². The second-order valence-electron chi connectivity index (χ2n) is 3.87. The van der Waals surface area contributed by atoms with Crippen LogP contribution in [0.4, 0.5) is 5.82 Å². The first-order valence-corrected chi connectivity index (χ1v) is 5.34. The Morgan fingerprint density at radius 2 is 1.87 bits per heavy atom. The second kappa shape index (κ2) is 4.64. The lowest BCUT2D eigenvalue weighted by atomic mass is 9.82. The average molecular weight is 206 g/mol. The second-order valence-corrected chi connectivity index (χ2v) is 3.87. The van der Waals surface area contributed by atoms with Crippen LogP contribution in [0.3, 0.4) is 0 Å². The molecule has 0 bridgehead atoms. The van der Waals surface area contributed by atoms with Gasteiger partial charge in [-0.25, -0.2) is 4.98 Å². The van der Waals surface area contributed by atoms with Gasteiger partial charge < -0.3 is 14.9 Å². The fourth-order valence-corrected chi connectivity index (χ4v) is 1.86. The summed E-state index contributed by atoms with van der Waals surface area (Å²) in [5.74, 6) is 0.930. The molecule has 1 fully saturated rings. The highest BCUT2D eigenvalue weighted by molar-refractivity contribution is 6.58. The number of rotatable bonds is 2. The molecule has 0 aromatic carbocycles. The number of aromatic nitrogens is 1. The van der Waals surface area contributed by atoms with Gasteiger partial charge in [0.15, 0.2) is 0 Å². The Morgan fingerprint density at radius 1 is 1.13 bits per heavy atom. The molecule has 15 heavy (non-hydrogen) atoms. The molecule has 4 nitrogen and oxygen atoms in total. The summed E-state index contributed by atoms with van der Waals surface area (Å²) in [5.41, 5.74) is 0.441. The Hall–Kier alpha value is -1.07. The summed E-state index contributed by atoms with van der Waals surface area (Å²) in [5, 5.41) is 17.9. The molecule has 0 amide bonds. The summed E-state index contributed by atoms with van der Waals surface area (Å²) in [6.45, 7) is 2.10. The summed E-state index contributed by atoms with van der Waals surface area (Å²) in [7, 11) is -1.42. The third kappa shape index (κ3) is 2.49. The minimum atomic E-state index is -1.42. The normalized spacial score (nSPS) is 16.5. The molecule has 1 saturated heterocycles. The molecule has 2 N–H and O–H groups in total. The van der Waals surface area contributed by atoms with E-state index in [1.54, 1.807) is 6.07 Å². The van der Waals surface area contributed by atoms with Gasteiger partial charge in [0.2, 0.25) is 0 Å². The largest absolute Gasteiger partial charge is 0.490 e. The fraction of sp³-hybridized carbons (Fsp3) is 0.500. The van der Waals surface area contributed by atoms with Crippen molar-refractivity contribution in [1.29, 1.82) is 0 Å². The topological polar surface area (TPSA) is 56.6 Å². The van der Waals surface area contributed by atoms with Crippen molar-refractivity contribution >= 4 is 18.4 Å². The molecule has 0 aliphatic carbocycles. The maximum Gasteiger partial charge on any atom is 0.490 e. The summed E-state index contributed by atoms with van der Waals surface area (Å²) >= 11 is 0. The highest BCUT2D eigenvalue weighted by Gasteiger charge is 2.14. The van der Waals surface area contributed by atoms with E-state index >= 15 is 0 Å². The van der Waals surface area contributed by atoms with Crippen molar-refractivity contribution in [3.63, 3.8) is 0 Å². The first-order valence-electron chi connectivity index (χ1n) is 5.34. The zero-order valence-corrected chi connectivity index (χ0v) is 8.63. The Bertz CT molecular complexity index is 310. The van der Waals surface area contributed by atoms with Crippen LogP contribution in [-0.2, 0) is 0 Å². The monoisotopic (exact) mass is 206 g/mol. The fourth-order valence-electron chi connectivity index (χ4n) is 1.86. The van der Waals surface area contributed by atoms with E-state index in [-0.39, 0.29) is 0 Å². The first-order chi connectivity index (χ1) is 7.27. The van der Waals surface area contributed by atoms with Crippen molar-refractivity contribution in [1.82, 2.24) is 4.98 Å². The van der Waals surface area contributed by atoms with Gasteiger partial charge in [0.25, 0.3) is 0 Å². The lowest BCUT2D eigenvalue weighted by Crippen LogP contribution is -2.33. The zero-order chi connectivity index (χ0) is 10.7. The van der Waals surface area contributed by atoms with Crippen LogP contribution in [0.1, 0.15) is 19.3 Å². The standard InChI is InChI=1S/C10H15BN2O2/c14-11(15)9-4-5-10(12-8-9)13-6-2-1-3-7-13/h4-5,8,14-15H,1-3,6-7H2. The van der Waals surface area contributed by atoms with E-state index in [9.17, 15) is 0 Å². The van der Waals surface area contributed by atoms with Crippen LogP contribution in [0.15, 0.2) is 18.3 Å². The Labute approximate surface area is 89.7 Å². The van der Waals surface area contributed by atoms with Crippen molar-refractivity contribution in [2.75, 3.05) is 18.0 Å². The Morgan fingerprint density at radius 3 is 2.40 bits per heavy atom. The molecule has 2 rings (SSSR count). The highest BCUT2D eigenvalue weighted by atomic mass is 16.4. The first kappa shape index (κ1) is 10.5. The molecule has 0 saturated carbocycles. The Kier molecular flexibility index (Phi) is 3.23. The molecule has 1 aromatic heterocycles. The lowest BCUT2D eigenvalue weighted by Gasteiger charge is -2.27. The van der Waals surface area contributed by atoms with Gasteiger partial charge >= 0.3 is 7.12 Å². The van der Waals surface area contributed by atoms with Crippen molar-refractivity contribution in [3.8, 4) is 0 Å². The van der Waals surface area contributed by atoms with E-state index < -0.39 is 7.12 Å². The van der Waals surface area contributed by atoms with E-state index in [0.29, 0.717) is 5.46 Å². The van der Waals surface area contributed by atoms with Gasteiger partial charge in [-0.05, 0) is 25.3 Å². The minimum Gasteiger partial charge on any atom is -0.423 e. The van der Waals surface area contributed by atoms with Crippen molar-refractivity contribution in [2.24, 2.45) is 0 Å². The van der Waals surface area contributed by atoms with Gasteiger partial charge in [-0.1, -0.05) is 6.07 Å². The quantitative estimate of drug-likeness (QED) is 0.655. The Balaban J connectivity index is 2.08. The summed E-state index contributed by atoms with van der Waals surface area (Å²) < 4.78 is 0. The smallest absolute Gasteiger partial charge is 0.423 e. The van der Waals surface area contributed by atoms with Crippen LogP contribution in [0.5, 0.6) is 0 Å². The molecule has 5 heteroatoms. The number of anilines is 1. The summed E-state index contributed by atoms with van der Waals surface area (Å²) in [6, 6.07) is 3.56. The third-order valence-corrected chi connectivity index (χ3v) is 2.75. The molecule has 2 heterocycles. The average Bonchev–Trinajstić information content (AvgIpc) is 2.30. The van der Waals surface area contributed by atoms with Crippen LogP contribution in [0.2, 0.25) is 0 Å². The molecule has 0 atom stereocenters. The van der Waals surface area contributed by atoms with E-state index in [2.05, 4.69) is 9.88 Å². The molecule has 0 radical (unpaired) electrons. The van der Waals surface area contributed by atoms with Crippen LogP contribution < -0.4 is 10.4 Å². The van der Waals surface area contributed by atoms with Gasteiger partial charge in [-0.3, -0.25) is 0 Å². The number of piperidine rings is 1. The van der Waals surface area contributed by atoms with Gasteiger partial charge in [0, 0.05) is 24.7 Å². The lowest BCUT2D eigenvalue weighted by molar-refractivity contribution is 0.425. The molecular formula is C10H15BN2O2. The number of nitrogens with zero attached hydrogens (tertiary/aromatic N) is 2. The minimum absolute atomic E-state index is 0.441. The van der Waals surface area contributed by atoms with Gasteiger partial charge in [-0.2, -0.15) is 0 Å². The molecule has 1 aliphatic rings. The van der Waals surface area contributed by atoms with Gasteiger partial charge in [-0.15, -0.1) is 0 Å². The molecule has 0 unspecified atom stereocenters. The molecule has 0 spiro atoms. The molecule has 1 aliphatic heterocycles. The maximum atomic E-state index is 8.93. The third-order valence-electron chi connectivity index (χ3n) is 2.75. The van der Waals surface area contributed by atoms with Crippen LogP contribution >= 0.6 is 0 Å². The van der Waals surface area contributed by atoms with Crippen LogP contribution in [0.25, 0.3) is 0 Å². The van der Waals surface area contributed by atoms with Crippen molar-refractivity contribution in [3.05, 3.63) is 18.3 Å². The van der Waals surface area contributed by atoms with E-state index in [0.717, 1.165) is 18.9 Å². The summed E-state index contributed by atoms with van der Waals surface area (Å²) in [4.78, 5) is 6.46. The SMILES string of the molecule is OB(O)c1ccc(N2CCCCC2)nc1.